The van der Waals surface area contributed by atoms with Gasteiger partial charge in [-0.1, -0.05) is 12.1 Å². The van der Waals surface area contributed by atoms with Gasteiger partial charge in [-0.2, -0.15) is 5.10 Å². The Morgan fingerprint density at radius 2 is 1.92 bits per heavy atom. The van der Waals surface area contributed by atoms with Crippen molar-refractivity contribution < 1.29 is 14.4 Å². The molecule has 194 valence electrons. The average Bonchev–Trinajstić information content (AvgIpc) is 3.49. The van der Waals surface area contributed by atoms with Crippen LogP contribution in [0, 0.1) is 13.8 Å². The normalized spacial score (nSPS) is 13.1. The van der Waals surface area contributed by atoms with Gasteiger partial charge in [-0.05, 0) is 68.7 Å². The number of nitrogens with zero attached hydrogens (tertiary/aromatic N) is 4. The van der Waals surface area contributed by atoms with Gasteiger partial charge in [0.15, 0.2) is 5.82 Å². The van der Waals surface area contributed by atoms with Crippen LogP contribution in [0.4, 0.5) is 22.9 Å². The third-order valence-corrected chi connectivity index (χ3v) is 6.65. The second-order valence-electron chi connectivity index (χ2n) is 9.24. The van der Waals surface area contributed by atoms with Crippen molar-refractivity contribution in [1.82, 2.24) is 19.9 Å². The summed E-state index contributed by atoms with van der Waals surface area (Å²) in [5, 5.41) is 13.3. The largest absolute Gasteiger partial charge is 0.352 e. The zero-order valence-corrected chi connectivity index (χ0v) is 21.5. The van der Waals surface area contributed by atoms with Gasteiger partial charge in [0.1, 0.15) is 11.8 Å². The lowest BCUT2D eigenvalue weighted by molar-refractivity contribution is -0.117. The minimum absolute atomic E-state index is 0.0953. The number of rotatable bonds is 7. The molecule has 38 heavy (non-hydrogen) atoms. The number of amides is 3. The lowest BCUT2D eigenvalue weighted by atomic mass is 10.1. The van der Waals surface area contributed by atoms with Crippen LogP contribution in [0.3, 0.4) is 0 Å². The summed E-state index contributed by atoms with van der Waals surface area (Å²) in [5.41, 5.74) is 5.42. The highest BCUT2D eigenvalue weighted by Gasteiger charge is 2.22. The summed E-state index contributed by atoms with van der Waals surface area (Å²) < 4.78 is 1.62. The molecule has 2 aromatic carbocycles. The first-order chi connectivity index (χ1) is 18.4. The molecule has 1 saturated heterocycles. The van der Waals surface area contributed by atoms with E-state index < -0.39 is 0 Å². The van der Waals surface area contributed by atoms with E-state index in [1.807, 2.05) is 45.0 Å². The number of hydrogen-bond acceptors (Lipinski definition) is 6. The summed E-state index contributed by atoms with van der Waals surface area (Å²) in [5.74, 6) is 0.173. The van der Waals surface area contributed by atoms with Crippen molar-refractivity contribution in [3.63, 3.8) is 0 Å². The maximum absolute atomic E-state index is 13.1. The number of fused-ring (bicyclic) bond motifs is 1. The predicted molar refractivity (Wildman–Crippen MR) is 146 cm³/mol. The Kier molecular flexibility index (Phi) is 6.78. The molecule has 5 rings (SSSR count). The zero-order chi connectivity index (χ0) is 26.8. The van der Waals surface area contributed by atoms with E-state index in [1.165, 1.54) is 6.33 Å². The third kappa shape index (κ3) is 4.80. The first kappa shape index (κ1) is 24.9. The van der Waals surface area contributed by atoms with Gasteiger partial charge >= 0.3 is 0 Å². The van der Waals surface area contributed by atoms with Crippen LogP contribution in [0.15, 0.2) is 55.0 Å². The Hall–Kier alpha value is -4.73. The topological polar surface area (TPSA) is 121 Å². The zero-order valence-electron chi connectivity index (χ0n) is 21.5. The van der Waals surface area contributed by atoms with E-state index in [0.717, 1.165) is 23.2 Å². The number of hydrogen-bond donors (Lipinski definition) is 3. The van der Waals surface area contributed by atoms with Crippen LogP contribution in [0.5, 0.6) is 0 Å². The van der Waals surface area contributed by atoms with Crippen LogP contribution in [-0.2, 0) is 4.79 Å². The summed E-state index contributed by atoms with van der Waals surface area (Å²) in [4.78, 5) is 43.9. The van der Waals surface area contributed by atoms with Crippen molar-refractivity contribution >= 4 is 46.1 Å². The Labute approximate surface area is 220 Å². The molecule has 0 radical (unpaired) electrons. The highest BCUT2D eigenvalue weighted by molar-refractivity contribution is 6.06. The Bertz CT molecular complexity index is 1560. The number of aryl methyl sites for hydroxylation is 2. The van der Waals surface area contributed by atoms with Crippen LogP contribution >= 0.6 is 0 Å². The molecule has 3 heterocycles. The van der Waals surface area contributed by atoms with Crippen molar-refractivity contribution in [2.75, 3.05) is 28.6 Å². The SMILES string of the molecule is CCNC(=O)c1cn2ncnc(Nc3cc(C(=O)Nc4cccc(N5CCCC5=O)c4)ccc3C)c2c1C. The Balaban J connectivity index is 1.40. The molecule has 0 spiro atoms. The first-order valence-corrected chi connectivity index (χ1v) is 12.6. The molecule has 4 aromatic rings. The number of carbonyl (C=O) groups is 3. The third-order valence-electron chi connectivity index (χ3n) is 6.65. The first-order valence-electron chi connectivity index (χ1n) is 12.6. The van der Waals surface area contributed by atoms with E-state index in [4.69, 9.17) is 0 Å². The average molecular weight is 512 g/mol. The van der Waals surface area contributed by atoms with Crippen molar-refractivity contribution in [3.8, 4) is 0 Å². The van der Waals surface area contributed by atoms with Gasteiger partial charge in [0.2, 0.25) is 5.91 Å². The molecule has 0 atom stereocenters. The minimum Gasteiger partial charge on any atom is -0.352 e. The highest BCUT2D eigenvalue weighted by atomic mass is 16.2. The number of nitrogens with one attached hydrogen (secondary N) is 3. The minimum atomic E-state index is -0.275. The molecule has 3 amide bonds. The maximum atomic E-state index is 13.1. The van der Waals surface area contributed by atoms with Crippen LogP contribution < -0.4 is 20.9 Å². The molecule has 1 aliphatic heterocycles. The van der Waals surface area contributed by atoms with Gasteiger partial charge in [-0.25, -0.2) is 9.50 Å². The molecule has 1 fully saturated rings. The smallest absolute Gasteiger partial charge is 0.255 e. The summed E-state index contributed by atoms with van der Waals surface area (Å²) in [7, 11) is 0. The van der Waals surface area contributed by atoms with Gasteiger partial charge in [-0.15, -0.1) is 0 Å². The van der Waals surface area contributed by atoms with Crippen molar-refractivity contribution in [1.29, 1.82) is 0 Å². The van der Waals surface area contributed by atoms with Crippen molar-refractivity contribution in [2.24, 2.45) is 0 Å². The van der Waals surface area contributed by atoms with Gasteiger partial charge in [0, 0.05) is 48.3 Å². The van der Waals surface area contributed by atoms with Gasteiger partial charge < -0.3 is 20.9 Å². The van der Waals surface area contributed by atoms with E-state index in [1.54, 1.807) is 33.8 Å². The Morgan fingerprint density at radius 3 is 2.68 bits per heavy atom. The fourth-order valence-electron chi connectivity index (χ4n) is 4.64. The van der Waals surface area contributed by atoms with E-state index in [9.17, 15) is 14.4 Å². The second-order valence-corrected chi connectivity index (χ2v) is 9.24. The lowest BCUT2D eigenvalue weighted by Gasteiger charge is -2.17. The molecule has 10 nitrogen and oxygen atoms in total. The van der Waals surface area contributed by atoms with E-state index in [-0.39, 0.29) is 17.7 Å². The van der Waals surface area contributed by atoms with Crippen LogP contribution in [-0.4, -0.2) is 45.4 Å². The molecular weight excluding hydrogens is 482 g/mol. The van der Waals surface area contributed by atoms with Gasteiger partial charge in [0.25, 0.3) is 11.8 Å². The molecule has 3 N–H and O–H groups in total. The number of carbonyl (C=O) groups excluding carboxylic acids is 3. The monoisotopic (exact) mass is 511 g/mol. The molecule has 0 unspecified atom stereocenters. The number of benzene rings is 2. The fraction of sp³-hybridized carbons (Fsp3) is 0.250. The second kappa shape index (κ2) is 10.3. The fourth-order valence-corrected chi connectivity index (χ4v) is 4.64. The standard InChI is InChI=1S/C28H29N7O3/c1-4-29-28(38)22-15-35-25(18(22)3)26(30-16-31-35)33-23-13-19(11-10-17(23)2)27(37)32-20-7-5-8-21(14-20)34-12-6-9-24(34)36/h5,7-8,10-11,13-16H,4,6,9,12H2,1-3H3,(H,29,38)(H,32,37)(H,30,31,33). The van der Waals surface area contributed by atoms with Crippen LogP contribution in [0.2, 0.25) is 0 Å². The lowest BCUT2D eigenvalue weighted by Crippen LogP contribution is -2.23. The summed E-state index contributed by atoms with van der Waals surface area (Å²) >= 11 is 0. The Morgan fingerprint density at radius 1 is 1.08 bits per heavy atom. The van der Waals surface area contributed by atoms with Crippen LogP contribution in [0.25, 0.3) is 5.52 Å². The summed E-state index contributed by atoms with van der Waals surface area (Å²) in [6, 6.07) is 12.7. The molecule has 0 aliphatic carbocycles. The highest BCUT2D eigenvalue weighted by Crippen LogP contribution is 2.28. The van der Waals surface area contributed by atoms with E-state index in [2.05, 4.69) is 26.0 Å². The number of aromatic nitrogens is 3. The van der Waals surface area contributed by atoms with Crippen molar-refractivity contribution in [2.45, 2.75) is 33.6 Å². The molecule has 10 heteroatoms. The number of anilines is 4. The van der Waals surface area contributed by atoms with Crippen LogP contribution in [0.1, 0.15) is 51.6 Å². The molecular formula is C28H29N7O3. The molecule has 1 aliphatic rings. The van der Waals surface area contributed by atoms with E-state index in [0.29, 0.717) is 53.3 Å². The summed E-state index contributed by atoms with van der Waals surface area (Å²) in [6.45, 7) is 6.87. The van der Waals surface area contributed by atoms with E-state index >= 15 is 0 Å². The van der Waals surface area contributed by atoms with Gasteiger partial charge in [0.05, 0.1) is 5.56 Å². The van der Waals surface area contributed by atoms with Gasteiger partial charge in [-0.3, -0.25) is 14.4 Å². The molecule has 0 bridgehead atoms. The predicted octanol–water partition coefficient (Wildman–Crippen LogP) is 4.22. The molecule has 2 aromatic heterocycles. The summed E-state index contributed by atoms with van der Waals surface area (Å²) in [6.07, 6.45) is 4.48. The maximum Gasteiger partial charge on any atom is 0.255 e. The quantitative estimate of drug-likeness (QED) is 0.342. The van der Waals surface area contributed by atoms with Crippen molar-refractivity contribution in [3.05, 3.63) is 77.2 Å². The molecule has 0 saturated carbocycles.